The van der Waals surface area contributed by atoms with Gasteiger partial charge in [0.25, 0.3) is 0 Å². The molecule has 0 spiro atoms. The van der Waals surface area contributed by atoms with Crippen molar-refractivity contribution in [1.29, 1.82) is 10.5 Å². The molecule has 20 heavy (non-hydrogen) atoms. The Morgan fingerprint density at radius 1 is 1.35 bits per heavy atom. The van der Waals surface area contributed by atoms with Crippen molar-refractivity contribution in [1.82, 2.24) is 4.98 Å². The molecule has 2 heterocycles. The second-order valence-electron chi connectivity index (χ2n) is 4.53. The number of thioether (sulfide) groups is 1. The van der Waals surface area contributed by atoms with Crippen LogP contribution in [0.25, 0.3) is 10.9 Å². The molecule has 0 radical (unpaired) electrons. The van der Waals surface area contributed by atoms with E-state index in [1.807, 2.05) is 17.8 Å². The minimum atomic E-state index is 0.415. The maximum absolute atomic E-state index is 9.28. The van der Waals surface area contributed by atoms with Gasteiger partial charge in [0.1, 0.15) is 6.07 Å². The van der Waals surface area contributed by atoms with E-state index < -0.39 is 0 Å². The van der Waals surface area contributed by atoms with E-state index in [4.69, 9.17) is 5.26 Å². The van der Waals surface area contributed by atoms with Crippen molar-refractivity contribution in [3.8, 4) is 12.1 Å². The van der Waals surface area contributed by atoms with Gasteiger partial charge in [0.15, 0.2) is 0 Å². The van der Waals surface area contributed by atoms with Gasteiger partial charge in [0.05, 0.1) is 29.3 Å². The first kappa shape index (κ1) is 12.8. The molecular formula is C15H12N4S. The Hall–Kier alpha value is -2.24. The molecule has 2 aromatic rings. The minimum absolute atomic E-state index is 0.415. The number of hydrogen-bond donors (Lipinski definition) is 1. The van der Waals surface area contributed by atoms with Gasteiger partial charge in [0.2, 0.25) is 0 Å². The van der Waals surface area contributed by atoms with E-state index in [0.29, 0.717) is 18.5 Å². The first-order valence-corrected chi connectivity index (χ1v) is 7.42. The second-order valence-corrected chi connectivity index (χ2v) is 5.67. The number of rotatable bonds is 3. The summed E-state index contributed by atoms with van der Waals surface area (Å²) < 4.78 is 0. The predicted octanol–water partition coefficient (Wildman–Crippen LogP) is 3.08. The third-order valence-corrected chi connectivity index (χ3v) is 4.47. The molecule has 3 rings (SSSR count). The number of nitriles is 2. The first-order valence-electron chi connectivity index (χ1n) is 6.43. The Labute approximate surface area is 121 Å². The molecule has 1 aliphatic heterocycles. The fourth-order valence-corrected chi connectivity index (χ4v) is 3.56. The minimum Gasteiger partial charge on any atom is -0.382 e. The standard InChI is InChI=1S/C15H12N4S/c16-5-1-6-18-15-10(8-17)9-19-12-2-3-13-11(14(12)15)4-7-20-13/h2-3,9H,1,4,6-7H2,(H,18,19). The number of benzene rings is 1. The van der Waals surface area contributed by atoms with E-state index in [-0.39, 0.29) is 0 Å². The highest BCUT2D eigenvalue weighted by atomic mass is 32.2. The quantitative estimate of drug-likeness (QED) is 0.875. The van der Waals surface area contributed by atoms with E-state index >= 15 is 0 Å². The maximum atomic E-state index is 9.28. The Balaban J connectivity index is 2.20. The topological polar surface area (TPSA) is 72.5 Å². The van der Waals surface area contributed by atoms with Crippen molar-refractivity contribution in [2.45, 2.75) is 17.7 Å². The van der Waals surface area contributed by atoms with Crippen LogP contribution in [0.5, 0.6) is 0 Å². The average Bonchev–Trinajstić information content (AvgIpc) is 2.95. The predicted molar refractivity (Wildman–Crippen MR) is 79.6 cm³/mol. The second kappa shape index (κ2) is 5.40. The summed E-state index contributed by atoms with van der Waals surface area (Å²) in [7, 11) is 0. The number of anilines is 1. The smallest absolute Gasteiger partial charge is 0.103 e. The molecule has 0 atom stereocenters. The molecule has 1 aromatic heterocycles. The van der Waals surface area contributed by atoms with Gasteiger partial charge in [-0.25, -0.2) is 0 Å². The van der Waals surface area contributed by atoms with Crippen LogP contribution in [0.4, 0.5) is 5.69 Å². The van der Waals surface area contributed by atoms with Gasteiger partial charge in [-0.1, -0.05) is 0 Å². The third-order valence-electron chi connectivity index (χ3n) is 3.37. The fraction of sp³-hybridized carbons (Fsp3) is 0.267. The SMILES string of the molecule is N#CCCNc1c(C#N)cnc2ccc3c(c12)CCS3. The number of nitrogens with zero attached hydrogens (tertiary/aromatic N) is 3. The molecular weight excluding hydrogens is 268 g/mol. The highest BCUT2D eigenvalue weighted by molar-refractivity contribution is 7.99. The fourth-order valence-electron chi connectivity index (χ4n) is 2.49. The molecule has 0 fully saturated rings. The van der Waals surface area contributed by atoms with Crippen molar-refractivity contribution in [2.75, 3.05) is 17.6 Å². The van der Waals surface area contributed by atoms with Crippen molar-refractivity contribution >= 4 is 28.4 Å². The zero-order valence-corrected chi connectivity index (χ0v) is 11.6. The average molecular weight is 280 g/mol. The van der Waals surface area contributed by atoms with Crippen LogP contribution in [0.15, 0.2) is 23.2 Å². The molecule has 0 saturated carbocycles. The van der Waals surface area contributed by atoms with E-state index in [9.17, 15) is 5.26 Å². The summed E-state index contributed by atoms with van der Waals surface area (Å²) in [6, 6.07) is 8.41. The lowest BCUT2D eigenvalue weighted by Gasteiger charge is -2.13. The zero-order valence-electron chi connectivity index (χ0n) is 10.8. The Morgan fingerprint density at radius 2 is 2.25 bits per heavy atom. The van der Waals surface area contributed by atoms with Gasteiger partial charge in [-0.3, -0.25) is 4.98 Å². The summed E-state index contributed by atoms with van der Waals surface area (Å²) >= 11 is 1.84. The highest BCUT2D eigenvalue weighted by Crippen LogP contribution is 2.39. The van der Waals surface area contributed by atoms with Crippen LogP contribution in [0, 0.1) is 22.7 Å². The van der Waals surface area contributed by atoms with Crippen LogP contribution in [0.1, 0.15) is 17.5 Å². The maximum Gasteiger partial charge on any atom is 0.103 e. The molecule has 4 nitrogen and oxygen atoms in total. The van der Waals surface area contributed by atoms with Gasteiger partial charge in [-0.2, -0.15) is 10.5 Å². The van der Waals surface area contributed by atoms with E-state index in [1.54, 1.807) is 6.20 Å². The normalized spacial score (nSPS) is 12.7. The molecule has 5 heteroatoms. The highest BCUT2D eigenvalue weighted by Gasteiger charge is 2.19. The molecule has 98 valence electrons. The van der Waals surface area contributed by atoms with E-state index in [2.05, 4.69) is 28.5 Å². The number of nitrogens with one attached hydrogen (secondary N) is 1. The summed E-state index contributed by atoms with van der Waals surface area (Å²) in [5.41, 5.74) is 3.55. The van der Waals surface area contributed by atoms with Crippen LogP contribution in [-0.4, -0.2) is 17.3 Å². The van der Waals surface area contributed by atoms with Crippen molar-refractivity contribution in [2.24, 2.45) is 0 Å². The van der Waals surface area contributed by atoms with Crippen LogP contribution < -0.4 is 5.32 Å². The monoisotopic (exact) mass is 280 g/mol. The lowest BCUT2D eigenvalue weighted by Crippen LogP contribution is -2.05. The van der Waals surface area contributed by atoms with Crippen LogP contribution in [0.3, 0.4) is 0 Å². The summed E-state index contributed by atoms with van der Waals surface area (Å²) in [5.74, 6) is 1.07. The number of aryl methyl sites for hydroxylation is 1. The third kappa shape index (κ3) is 2.07. The number of hydrogen-bond acceptors (Lipinski definition) is 5. The Kier molecular flexibility index (Phi) is 3.45. The van der Waals surface area contributed by atoms with Gasteiger partial charge in [-0.15, -0.1) is 11.8 Å². The van der Waals surface area contributed by atoms with Crippen LogP contribution >= 0.6 is 11.8 Å². The van der Waals surface area contributed by atoms with E-state index in [0.717, 1.165) is 28.8 Å². The van der Waals surface area contributed by atoms with Gasteiger partial charge in [-0.05, 0) is 24.1 Å². The van der Waals surface area contributed by atoms with Crippen LogP contribution in [0.2, 0.25) is 0 Å². The molecule has 1 aliphatic rings. The number of fused-ring (bicyclic) bond motifs is 3. The molecule has 0 bridgehead atoms. The summed E-state index contributed by atoms with van der Waals surface area (Å²) in [6.07, 6.45) is 3.02. The Bertz CT molecular complexity index is 755. The van der Waals surface area contributed by atoms with Gasteiger partial charge < -0.3 is 5.32 Å². The zero-order chi connectivity index (χ0) is 13.9. The molecule has 0 amide bonds. The molecule has 1 aromatic carbocycles. The van der Waals surface area contributed by atoms with Gasteiger partial charge in [0, 0.05) is 28.8 Å². The van der Waals surface area contributed by atoms with Crippen molar-refractivity contribution in [3.05, 3.63) is 29.5 Å². The van der Waals surface area contributed by atoms with Crippen LogP contribution in [-0.2, 0) is 6.42 Å². The van der Waals surface area contributed by atoms with Crippen molar-refractivity contribution < 1.29 is 0 Å². The summed E-state index contributed by atoms with van der Waals surface area (Å²) in [6.45, 7) is 0.543. The molecule has 0 aliphatic carbocycles. The van der Waals surface area contributed by atoms with Crippen molar-refractivity contribution in [3.63, 3.8) is 0 Å². The molecule has 0 unspecified atom stereocenters. The largest absolute Gasteiger partial charge is 0.382 e. The first-order chi connectivity index (χ1) is 9.85. The van der Waals surface area contributed by atoms with E-state index in [1.165, 1.54) is 10.5 Å². The summed E-state index contributed by atoms with van der Waals surface area (Å²) in [5, 5.41) is 22.2. The molecule has 1 N–H and O–H groups in total. The van der Waals surface area contributed by atoms with Gasteiger partial charge >= 0.3 is 0 Å². The number of aromatic nitrogens is 1. The summed E-state index contributed by atoms with van der Waals surface area (Å²) in [4.78, 5) is 5.66. The lowest BCUT2D eigenvalue weighted by atomic mass is 10.0. The lowest BCUT2D eigenvalue weighted by molar-refractivity contribution is 1.07. The number of pyridine rings is 1. The molecule has 0 saturated heterocycles. The Morgan fingerprint density at radius 3 is 3.05 bits per heavy atom.